The lowest BCUT2D eigenvalue weighted by atomic mass is 10.1. The number of rotatable bonds is 3. The second-order valence-electron chi connectivity index (χ2n) is 3.84. The number of furan rings is 1. The van der Waals surface area contributed by atoms with E-state index in [2.05, 4.69) is 37.0 Å². The fourth-order valence-electron chi connectivity index (χ4n) is 1.74. The summed E-state index contributed by atoms with van der Waals surface area (Å²) in [5.74, 6) is 0. The molecular weight excluding hydrogens is 352 g/mol. The first-order valence-electron chi connectivity index (χ1n) is 5.09. The molecule has 92 valence electrons. The molecule has 2 aromatic heterocycles. The summed E-state index contributed by atoms with van der Waals surface area (Å²) in [6, 6.07) is 1.76. The van der Waals surface area contributed by atoms with E-state index in [0.717, 1.165) is 21.4 Å². The van der Waals surface area contributed by atoms with Gasteiger partial charge in [0, 0.05) is 19.0 Å². The first-order chi connectivity index (χ1) is 8.00. The second kappa shape index (κ2) is 4.96. The van der Waals surface area contributed by atoms with Gasteiger partial charge in [0.25, 0.3) is 0 Å². The topological polar surface area (TPSA) is 51.2 Å². The number of aryl methyl sites for hydroxylation is 2. The molecule has 0 bridgehead atoms. The highest BCUT2D eigenvalue weighted by molar-refractivity contribution is 9.10. The zero-order valence-electron chi connectivity index (χ0n) is 9.44. The molecule has 17 heavy (non-hydrogen) atoms. The minimum absolute atomic E-state index is 0.482. The Morgan fingerprint density at radius 3 is 2.71 bits per heavy atom. The van der Waals surface area contributed by atoms with Gasteiger partial charge in [-0.15, -0.1) is 0 Å². The lowest BCUT2D eigenvalue weighted by molar-refractivity contribution is 0.173. The summed E-state index contributed by atoms with van der Waals surface area (Å²) in [6.07, 6.45) is 1.41. The van der Waals surface area contributed by atoms with Gasteiger partial charge in [0.2, 0.25) is 0 Å². The monoisotopic (exact) mass is 362 g/mol. The molecule has 2 heterocycles. The van der Waals surface area contributed by atoms with Gasteiger partial charge in [0.15, 0.2) is 4.67 Å². The summed E-state index contributed by atoms with van der Waals surface area (Å²) in [5.41, 5.74) is 2.62. The normalized spacial score (nSPS) is 13.0. The van der Waals surface area contributed by atoms with Crippen molar-refractivity contribution in [2.45, 2.75) is 19.4 Å². The van der Waals surface area contributed by atoms with Crippen LogP contribution in [0.1, 0.15) is 23.1 Å². The minimum Gasteiger partial charge on any atom is -0.457 e. The maximum absolute atomic E-state index is 10.1. The number of nitrogens with zero attached hydrogens (tertiary/aromatic N) is 2. The van der Waals surface area contributed by atoms with Crippen LogP contribution in [0, 0.1) is 6.92 Å². The third-order valence-electron chi connectivity index (χ3n) is 2.65. The van der Waals surface area contributed by atoms with Gasteiger partial charge in [-0.2, -0.15) is 5.10 Å². The van der Waals surface area contributed by atoms with Gasteiger partial charge in [0.1, 0.15) is 0 Å². The standard InChI is InChI=1S/C11H12Br2N2O2/c1-6-10(12)8(15(2)14-6)5-9(16)7-3-4-17-11(7)13/h3-4,9,16H,5H2,1-2H3. The van der Waals surface area contributed by atoms with E-state index in [1.165, 1.54) is 0 Å². The van der Waals surface area contributed by atoms with E-state index in [4.69, 9.17) is 4.42 Å². The lowest BCUT2D eigenvalue weighted by Crippen LogP contribution is -2.06. The average molecular weight is 364 g/mol. The molecule has 1 atom stereocenters. The van der Waals surface area contributed by atoms with Crippen molar-refractivity contribution in [3.63, 3.8) is 0 Å². The van der Waals surface area contributed by atoms with Crippen molar-refractivity contribution in [1.29, 1.82) is 0 Å². The van der Waals surface area contributed by atoms with E-state index in [1.54, 1.807) is 17.0 Å². The number of aliphatic hydroxyl groups is 1. The quantitative estimate of drug-likeness (QED) is 0.911. The molecule has 0 radical (unpaired) electrons. The Bertz CT molecular complexity index is 534. The van der Waals surface area contributed by atoms with Crippen LogP contribution in [0.3, 0.4) is 0 Å². The SMILES string of the molecule is Cc1nn(C)c(CC(O)c2ccoc2Br)c1Br. The molecule has 0 spiro atoms. The van der Waals surface area contributed by atoms with Crippen molar-refractivity contribution >= 4 is 31.9 Å². The maximum Gasteiger partial charge on any atom is 0.174 e. The van der Waals surface area contributed by atoms with Crippen LogP contribution < -0.4 is 0 Å². The van der Waals surface area contributed by atoms with Crippen LogP contribution in [0.4, 0.5) is 0 Å². The molecule has 0 aliphatic carbocycles. The first-order valence-corrected chi connectivity index (χ1v) is 6.68. The summed E-state index contributed by atoms with van der Waals surface area (Å²) >= 11 is 6.74. The summed E-state index contributed by atoms with van der Waals surface area (Å²) in [6.45, 7) is 1.92. The molecule has 0 aromatic carbocycles. The minimum atomic E-state index is -0.616. The summed E-state index contributed by atoms with van der Waals surface area (Å²) in [4.78, 5) is 0. The predicted octanol–water partition coefficient (Wildman–Crippen LogP) is 3.12. The predicted molar refractivity (Wildman–Crippen MR) is 70.7 cm³/mol. The van der Waals surface area contributed by atoms with Gasteiger partial charge in [0.05, 0.1) is 28.2 Å². The number of hydrogen-bond acceptors (Lipinski definition) is 3. The second-order valence-corrected chi connectivity index (χ2v) is 5.35. The van der Waals surface area contributed by atoms with E-state index in [1.807, 2.05) is 14.0 Å². The Hall–Kier alpha value is -0.590. The van der Waals surface area contributed by atoms with Crippen LogP contribution in [0.15, 0.2) is 25.9 Å². The number of halogens is 2. The van der Waals surface area contributed by atoms with Crippen LogP contribution in [-0.2, 0) is 13.5 Å². The van der Waals surface area contributed by atoms with Crippen LogP contribution in [0.2, 0.25) is 0 Å². The van der Waals surface area contributed by atoms with Crippen molar-refractivity contribution in [2.24, 2.45) is 7.05 Å². The smallest absolute Gasteiger partial charge is 0.174 e. The molecule has 1 unspecified atom stereocenters. The van der Waals surface area contributed by atoms with Crippen LogP contribution in [-0.4, -0.2) is 14.9 Å². The number of hydrogen-bond donors (Lipinski definition) is 1. The van der Waals surface area contributed by atoms with Gasteiger partial charge in [-0.3, -0.25) is 4.68 Å². The van der Waals surface area contributed by atoms with Gasteiger partial charge >= 0.3 is 0 Å². The summed E-state index contributed by atoms with van der Waals surface area (Å²) in [5, 5.41) is 14.4. The van der Waals surface area contributed by atoms with Crippen molar-refractivity contribution in [3.8, 4) is 0 Å². The average Bonchev–Trinajstić information content (AvgIpc) is 2.78. The molecule has 0 aliphatic rings. The molecule has 4 nitrogen and oxygen atoms in total. The summed E-state index contributed by atoms with van der Waals surface area (Å²) in [7, 11) is 1.87. The van der Waals surface area contributed by atoms with Gasteiger partial charge in [-0.1, -0.05) is 0 Å². The van der Waals surface area contributed by atoms with E-state index in [9.17, 15) is 5.11 Å². The Kier molecular flexibility index (Phi) is 3.75. The molecule has 0 fully saturated rings. The van der Waals surface area contributed by atoms with Crippen molar-refractivity contribution in [1.82, 2.24) is 9.78 Å². The Labute approximate surface area is 116 Å². The van der Waals surface area contributed by atoms with Gasteiger partial charge in [-0.25, -0.2) is 0 Å². The van der Waals surface area contributed by atoms with E-state index >= 15 is 0 Å². The van der Waals surface area contributed by atoms with Crippen molar-refractivity contribution < 1.29 is 9.52 Å². The van der Waals surface area contributed by atoms with E-state index in [-0.39, 0.29) is 0 Å². The third kappa shape index (κ3) is 2.48. The largest absolute Gasteiger partial charge is 0.457 e. The molecule has 2 rings (SSSR count). The zero-order chi connectivity index (χ0) is 12.6. The highest BCUT2D eigenvalue weighted by Crippen LogP contribution is 2.30. The molecule has 6 heteroatoms. The highest BCUT2D eigenvalue weighted by Gasteiger charge is 2.19. The highest BCUT2D eigenvalue weighted by atomic mass is 79.9. The fraction of sp³-hybridized carbons (Fsp3) is 0.364. The molecule has 0 saturated heterocycles. The fourth-order valence-corrected chi connectivity index (χ4v) is 2.74. The zero-order valence-corrected chi connectivity index (χ0v) is 12.6. The molecule has 0 amide bonds. The molecule has 0 saturated carbocycles. The van der Waals surface area contributed by atoms with Crippen LogP contribution in [0.25, 0.3) is 0 Å². The maximum atomic E-state index is 10.1. The Morgan fingerprint density at radius 2 is 2.24 bits per heavy atom. The third-order valence-corrected chi connectivity index (χ3v) is 4.33. The van der Waals surface area contributed by atoms with Crippen molar-refractivity contribution in [2.75, 3.05) is 0 Å². The molecule has 2 aromatic rings. The van der Waals surface area contributed by atoms with Crippen LogP contribution >= 0.6 is 31.9 Å². The lowest BCUT2D eigenvalue weighted by Gasteiger charge is -2.09. The van der Waals surface area contributed by atoms with Crippen molar-refractivity contribution in [3.05, 3.63) is 38.4 Å². The number of aliphatic hydroxyl groups excluding tert-OH is 1. The first kappa shape index (κ1) is 12.9. The number of aromatic nitrogens is 2. The van der Waals surface area contributed by atoms with E-state index < -0.39 is 6.10 Å². The Balaban J connectivity index is 2.24. The van der Waals surface area contributed by atoms with E-state index in [0.29, 0.717) is 11.1 Å². The summed E-state index contributed by atoms with van der Waals surface area (Å²) < 4.78 is 8.40. The molecule has 0 aliphatic heterocycles. The van der Waals surface area contributed by atoms with Gasteiger partial charge < -0.3 is 9.52 Å². The van der Waals surface area contributed by atoms with Crippen LogP contribution in [0.5, 0.6) is 0 Å². The molecular formula is C11H12Br2N2O2. The molecule has 1 N–H and O–H groups in total. The Morgan fingerprint density at radius 1 is 1.53 bits per heavy atom. The van der Waals surface area contributed by atoms with Gasteiger partial charge in [-0.05, 0) is 44.8 Å².